The molecule has 0 spiro atoms. The van der Waals surface area contributed by atoms with Gasteiger partial charge in [0.05, 0.1) is 11.7 Å². The van der Waals surface area contributed by atoms with Crippen molar-refractivity contribution in [2.45, 2.75) is 46.2 Å². The first-order valence-corrected chi connectivity index (χ1v) is 8.85. The summed E-state index contributed by atoms with van der Waals surface area (Å²) in [7, 11) is 0. The number of H-pyrrole nitrogens is 1. The number of hydrogen-bond acceptors (Lipinski definition) is 4. The van der Waals surface area contributed by atoms with Crippen molar-refractivity contribution in [2.75, 3.05) is 6.54 Å². The van der Waals surface area contributed by atoms with Crippen LogP contribution in [0.2, 0.25) is 0 Å². The van der Waals surface area contributed by atoms with Crippen LogP contribution in [0, 0.1) is 20.8 Å². The number of aromatic amines is 1. The molecule has 1 N–H and O–H groups in total. The third-order valence-electron chi connectivity index (χ3n) is 4.98. The molecule has 2 aromatic heterocycles. The van der Waals surface area contributed by atoms with Crippen LogP contribution in [-0.2, 0) is 6.54 Å². The maximum Gasteiger partial charge on any atom is 0.167 e. The van der Waals surface area contributed by atoms with E-state index >= 15 is 0 Å². The summed E-state index contributed by atoms with van der Waals surface area (Å²) in [6, 6.07) is 6.73. The topological polar surface area (TPSA) is 62.6 Å². The van der Waals surface area contributed by atoms with Crippen molar-refractivity contribution in [3.05, 3.63) is 58.9 Å². The van der Waals surface area contributed by atoms with E-state index in [1.807, 2.05) is 30.1 Å². The zero-order valence-corrected chi connectivity index (χ0v) is 15.0. The summed E-state index contributed by atoms with van der Waals surface area (Å²) >= 11 is 0. The molecule has 0 aliphatic carbocycles. The van der Waals surface area contributed by atoms with E-state index in [1.165, 1.54) is 28.8 Å². The molecule has 0 radical (unpaired) electrons. The normalized spacial score (nSPS) is 18.1. The summed E-state index contributed by atoms with van der Waals surface area (Å²) in [4.78, 5) is 7.06. The fourth-order valence-electron chi connectivity index (χ4n) is 3.82. The molecular formula is C19H24N6. The van der Waals surface area contributed by atoms with Crippen molar-refractivity contribution in [1.82, 2.24) is 29.9 Å². The largest absolute Gasteiger partial charge is 0.289 e. The van der Waals surface area contributed by atoms with Crippen molar-refractivity contribution in [3.63, 3.8) is 0 Å². The minimum atomic E-state index is 0.288. The van der Waals surface area contributed by atoms with Gasteiger partial charge in [-0.2, -0.15) is 10.2 Å². The average molecular weight is 336 g/mol. The van der Waals surface area contributed by atoms with Crippen LogP contribution in [0.15, 0.2) is 30.6 Å². The summed E-state index contributed by atoms with van der Waals surface area (Å²) in [6.45, 7) is 8.25. The Kier molecular flexibility index (Phi) is 4.13. The summed E-state index contributed by atoms with van der Waals surface area (Å²) in [5.74, 6) is 1.80. The molecule has 0 saturated carbocycles. The quantitative estimate of drug-likeness (QED) is 0.794. The second kappa shape index (κ2) is 6.44. The monoisotopic (exact) mass is 336 g/mol. The van der Waals surface area contributed by atoms with Crippen molar-refractivity contribution in [3.8, 4) is 5.69 Å². The Bertz CT molecular complexity index is 864. The maximum absolute atomic E-state index is 4.57. The molecule has 1 unspecified atom stereocenters. The second-order valence-electron chi connectivity index (χ2n) is 6.94. The molecule has 6 nitrogen and oxygen atoms in total. The molecule has 6 heteroatoms. The van der Waals surface area contributed by atoms with Gasteiger partial charge in [0.1, 0.15) is 5.82 Å². The Hall–Kier alpha value is -2.47. The van der Waals surface area contributed by atoms with E-state index < -0.39 is 0 Å². The Morgan fingerprint density at radius 1 is 1.24 bits per heavy atom. The molecule has 4 rings (SSSR count). The Morgan fingerprint density at radius 2 is 2.12 bits per heavy atom. The molecule has 1 aromatic carbocycles. The lowest BCUT2D eigenvalue weighted by molar-refractivity contribution is 0.239. The summed E-state index contributed by atoms with van der Waals surface area (Å²) in [6.07, 6.45) is 6.13. The first-order chi connectivity index (χ1) is 12.1. The molecular weight excluding hydrogens is 312 g/mol. The van der Waals surface area contributed by atoms with Crippen LogP contribution >= 0.6 is 0 Å². The zero-order valence-electron chi connectivity index (χ0n) is 15.0. The van der Waals surface area contributed by atoms with Crippen molar-refractivity contribution in [1.29, 1.82) is 0 Å². The number of benzene rings is 1. The molecule has 1 fully saturated rings. The number of hydrogen-bond donors (Lipinski definition) is 1. The van der Waals surface area contributed by atoms with Crippen LogP contribution in [-0.4, -0.2) is 36.4 Å². The summed E-state index contributed by atoms with van der Waals surface area (Å²) in [5, 5.41) is 11.8. The fraction of sp³-hybridized carbons (Fsp3) is 0.421. The van der Waals surface area contributed by atoms with Gasteiger partial charge in [0.2, 0.25) is 0 Å². The van der Waals surface area contributed by atoms with Gasteiger partial charge in [-0.1, -0.05) is 6.07 Å². The van der Waals surface area contributed by atoms with Gasteiger partial charge >= 0.3 is 0 Å². The average Bonchev–Trinajstić information content (AvgIpc) is 3.31. The molecule has 3 heterocycles. The van der Waals surface area contributed by atoms with Gasteiger partial charge in [0.15, 0.2) is 5.82 Å². The number of rotatable bonds is 4. The second-order valence-corrected chi connectivity index (χ2v) is 6.94. The zero-order chi connectivity index (χ0) is 17.4. The predicted molar refractivity (Wildman–Crippen MR) is 96.5 cm³/mol. The molecule has 1 atom stereocenters. The highest BCUT2D eigenvalue weighted by molar-refractivity contribution is 5.48. The molecule has 1 aliphatic heterocycles. The van der Waals surface area contributed by atoms with Crippen LogP contribution in [0.4, 0.5) is 0 Å². The van der Waals surface area contributed by atoms with E-state index in [0.29, 0.717) is 0 Å². The lowest BCUT2D eigenvalue weighted by Gasteiger charge is -2.25. The molecule has 1 saturated heterocycles. The molecule has 3 aromatic rings. The van der Waals surface area contributed by atoms with E-state index in [1.54, 1.807) is 0 Å². The van der Waals surface area contributed by atoms with Gasteiger partial charge in [0.25, 0.3) is 0 Å². The summed E-state index contributed by atoms with van der Waals surface area (Å²) < 4.78 is 1.97. The third-order valence-corrected chi connectivity index (χ3v) is 4.98. The van der Waals surface area contributed by atoms with Crippen LogP contribution in [0.25, 0.3) is 5.69 Å². The van der Waals surface area contributed by atoms with E-state index in [9.17, 15) is 0 Å². The Labute approximate surface area is 147 Å². The van der Waals surface area contributed by atoms with Crippen molar-refractivity contribution < 1.29 is 0 Å². The minimum absolute atomic E-state index is 0.288. The van der Waals surface area contributed by atoms with Gasteiger partial charge in [-0.25, -0.2) is 9.67 Å². The maximum atomic E-state index is 4.57. The van der Waals surface area contributed by atoms with E-state index in [0.717, 1.165) is 31.2 Å². The van der Waals surface area contributed by atoms with Gasteiger partial charge in [-0.05, 0) is 69.0 Å². The van der Waals surface area contributed by atoms with E-state index in [-0.39, 0.29) is 6.04 Å². The molecule has 25 heavy (non-hydrogen) atoms. The van der Waals surface area contributed by atoms with Crippen molar-refractivity contribution >= 4 is 0 Å². The molecule has 0 bridgehead atoms. The highest BCUT2D eigenvalue weighted by atomic mass is 15.3. The Morgan fingerprint density at radius 3 is 2.84 bits per heavy atom. The van der Waals surface area contributed by atoms with Gasteiger partial charge in [-0.3, -0.25) is 10.00 Å². The molecule has 130 valence electrons. The highest BCUT2D eigenvalue weighted by Crippen LogP contribution is 2.33. The van der Waals surface area contributed by atoms with Gasteiger partial charge in [0, 0.05) is 18.9 Å². The number of nitrogens with one attached hydrogen (secondary N) is 1. The van der Waals surface area contributed by atoms with Gasteiger partial charge in [-0.15, -0.1) is 0 Å². The number of aryl methyl sites for hydroxylation is 3. The SMILES string of the molecule is Cc1cc(C)c(CN2CCCC2c2n[nH]c(C)n2)c(-n2cccn2)c1. The van der Waals surface area contributed by atoms with Crippen LogP contribution < -0.4 is 0 Å². The van der Waals surface area contributed by atoms with Crippen LogP contribution in [0.3, 0.4) is 0 Å². The Balaban J connectivity index is 1.68. The lowest BCUT2D eigenvalue weighted by Crippen LogP contribution is -2.25. The number of aromatic nitrogens is 5. The number of nitrogens with zero attached hydrogens (tertiary/aromatic N) is 5. The van der Waals surface area contributed by atoms with E-state index in [4.69, 9.17) is 0 Å². The number of likely N-dealkylation sites (tertiary alicyclic amines) is 1. The standard InChI is InChI=1S/C19H24N6/c1-13-10-14(2)16(18(11-13)25-9-5-7-20-25)12-24-8-4-6-17(24)19-21-15(3)22-23-19/h5,7,9-11,17H,4,6,8,12H2,1-3H3,(H,21,22,23). The fourth-order valence-corrected chi connectivity index (χ4v) is 3.82. The molecule has 1 aliphatic rings. The first kappa shape index (κ1) is 16.0. The summed E-state index contributed by atoms with van der Waals surface area (Å²) in [5.41, 5.74) is 5.06. The van der Waals surface area contributed by atoms with Crippen LogP contribution in [0.5, 0.6) is 0 Å². The first-order valence-electron chi connectivity index (χ1n) is 8.85. The minimum Gasteiger partial charge on any atom is -0.289 e. The molecule has 0 amide bonds. The third kappa shape index (κ3) is 3.09. The lowest BCUT2D eigenvalue weighted by atomic mass is 10.0. The highest BCUT2D eigenvalue weighted by Gasteiger charge is 2.30. The smallest absolute Gasteiger partial charge is 0.167 e. The van der Waals surface area contributed by atoms with Gasteiger partial charge < -0.3 is 0 Å². The van der Waals surface area contributed by atoms with E-state index in [2.05, 4.69) is 51.2 Å². The van der Waals surface area contributed by atoms with Crippen molar-refractivity contribution in [2.24, 2.45) is 0 Å². The van der Waals surface area contributed by atoms with Crippen LogP contribution in [0.1, 0.15) is 47.2 Å². The predicted octanol–water partition coefficient (Wildman–Crippen LogP) is 3.25.